The number of rotatable bonds is 6. The molecule has 0 fully saturated rings. The lowest BCUT2D eigenvalue weighted by Crippen LogP contribution is -2.21. The van der Waals surface area contributed by atoms with E-state index in [4.69, 9.17) is 5.73 Å². The first-order valence-corrected chi connectivity index (χ1v) is 6.57. The first kappa shape index (κ1) is 12.8. The largest absolute Gasteiger partial charge is 0.354 e. The second kappa shape index (κ2) is 6.36. The van der Waals surface area contributed by atoms with Gasteiger partial charge in [-0.2, -0.15) is 0 Å². The van der Waals surface area contributed by atoms with Gasteiger partial charge in [-0.3, -0.25) is 4.98 Å². The Morgan fingerprint density at radius 2 is 2.00 bits per heavy atom. The lowest BCUT2D eigenvalue weighted by atomic mass is 10.1. The predicted octanol–water partition coefficient (Wildman–Crippen LogP) is 2.41. The van der Waals surface area contributed by atoms with E-state index < -0.39 is 0 Å². The quantitative estimate of drug-likeness (QED) is 0.846. The summed E-state index contributed by atoms with van der Waals surface area (Å²) in [7, 11) is 0. The van der Waals surface area contributed by atoms with Crippen LogP contribution in [0.2, 0.25) is 0 Å². The zero-order valence-corrected chi connectivity index (χ0v) is 10.9. The molecule has 0 amide bonds. The van der Waals surface area contributed by atoms with Gasteiger partial charge >= 0.3 is 0 Å². The number of hydrogen-bond donors (Lipinski definition) is 1. The van der Waals surface area contributed by atoms with E-state index >= 15 is 0 Å². The molecule has 2 aromatic rings. The molecule has 0 spiro atoms. The van der Waals surface area contributed by atoms with Gasteiger partial charge < -0.3 is 10.3 Å². The average molecular weight is 243 g/mol. The Hall–Kier alpha value is -1.61. The molecule has 18 heavy (non-hydrogen) atoms. The van der Waals surface area contributed by atoms with Crippen LogP contribution in [-0.2, 0) is 19.4 Å². The molecule has 1 unspecified atom stereocenters. The third-order valence-corrected chi connectivity index (χ3v) is 3.24. The highest BCUT2D eigenvalue weighted by Gasteiger charge is 2.03. The van der Waals surface area contributed by atoms with Gasteiger partial charge in [-0.25, -0.2) is 0 Å². The molecule has 0 aliphatic rings. The summed E-state index contributed by atoms with van der Waals surface area (Å²) in [6.07, 6.45) is 11.1. The minimum atomic E-state index is 0.279. The van der Waals surface area contributed by atoms with Crippen molar-refractivity contribution in [2.75, 3.05) is 0 Å². The highest BCUT2D eigenvalue weighted by atomic mass is 14.9. The van der Waals surface area contributed by atoms with Crippen molar-refractivity contribution in [2.45, 2.75) is 38.8 Å². The van der Waals surface area contributed by atoms with Crippen LogP contribution >= 0.6 is 0 Å². The molecule has 3 heteroatoms. The van der Waals surface area contributed by atoms with Gasteiger partial charge in [0, 0.05) is 37.4 Å². The molecule has 2 aromatic heterocycles. The Morgan fingerprint density at radius 1 is 1.22 bits per heavy atom. The lowest BCUT2D eigenvalue weighted by Gasteiger charge is -2.06. The molecular formula is C15H21N3. The molecular weight excluding hydrogens is 222 g/mol. The molecule has 3 nitrogen and oxygen atoms in total. The van der Waals surface area contributed by atoms with Crippen molar-refractivity contribution in [3.05, 3.63) is 54.1 Å². The van der Waals surface area contributed by atoms with Crippen LogP contribution < -0.4 is 5.73 Å². The molecule has 2 heterocycles. The van der Waals surface area contributed by atoms with E-state index in [1.807, 2.05) is 12.4 Å². The summed E-state index contributed by atoms with van der Waals surface area (Å²) in [6, 6.07) is 6.58. The fourth-order valence-corrected chi connectivity index (χ4v) is 2.01. The number of aromatic nitrogens is 2. The van der Waals surface area contributed by atoms with Gasteiger partial charge in [-0.15, -0.1) is 0 Å². The zero-order valence-electron chi connectivity index (χ0n) is 10.9. The van der Waals surface area contributed by atoms with Gasteiger partial charge in [0.2, 0.25) is 0 Å². The molecule has 2 N–H and O–H groups in total. The maximum atomic E-state index is 5.96. The monoisotopic (exact) mass is 243 g/mol. The van der Waals surface area contributed by atoms with E-state index in [2.05, 4.69) is 47.1 Å². The fraction of sp³-hybridized carbons (Fsp3) is 0.400. The Balaban J connectivity index is 1.87. The minimum Gasteiger partial charge on any atom is -0.354 e. The molecule has 0 aliphatic heterocycles. The summed E-state index contributed by atoms with van der Waals surface area (Å²) in [5.74, 6) is 0. The van der Waals surface area contributed by atoms with Gasteiger partial charge in [0.15, 0.2) is 0 Å². The van der Waals surface area contributed by atoms with Crippen molar-refractivity contribution >= 4 is 0 Å². The molecule has 0 radical (unpaired) electrons. The van der Waals surface area contributed by atoms with Crippen LogP contribution in [0.5, 0.6) is 0 Å². The number of nitrogens with two attached hydrogens (primary N) is 1. The molecule has 0 aliphatic carbocycles. The van der Waals surface area contributed by atoms with Crippen molar-refractivity contribution in [1.82, 2.24) is 9.55 Å². The van der Waals surface area contributed by atoms with E-state index in [0.717, 1.165) is 25.8 Å². The Morgan fingerprint density at radius 3 is 2.72 bits per heavy atom. The van der Waals surface area contributed by atoms with Crippen molar-refractivity contribution in [1.29, 1.82) is 0 Å². The van der Waals surface area contributed by atoms with Crippen molar-refractivity contribution in [3.63, 3.8) is 0 Å². The molecule has 2 rings (SSSR count). The van der Waals surface area contributed by atoms with E-state index in [1.165, 1.54) is 11.1 Å². The van der Waals surface area contributed by atoms with Crippen molar-refractivity contribution in [3.8, 4) is 0 Å². The summed E-state index contributed by atoms with van der Waals surface area (Å²) in [5.41, 5.74) is 8.62. The molecule has 0 aromatic carbocycles. The summed E-state index contributed by atoms with van der Waals surface area (Å²) in [4.78, 5) is 4.03. The number of hydrogen-bond acceptors (Lipinski definition) is 2. The van der Waals surface area contributed by atoms with Crippen LogP contribution in [-0.4, -0.2) is 15.6 Å². The molecule has 96 valence electrons. The molecule has 0 saturated carbocycles. The lowest BCUT2D eigenvalue weighted by molar-refractivity contribution is 0.642. The van der Waals surface area contributed by atoms with Gasteiger partial charge in [0.25, 0.3) is 0 Å². The SMILES string of the molecule is CCC(N)Cc1ccn(CCc2ccncc2)c1. The predicted molar refractivity (Wildman–Crippen MR) is 74.3 cm³/mol. The zero-order chi connectivity index (χ0) is 12.8. The topological polar surface area (TPSA) is 43.8 Å². The van der Waals surface area contributed by atoms with Crippen molar-refractivity contribution in [2.24, 2.45) is 5.73 Å². The third-order valence-electron chi connectivity index (χ3n) is 3.24. The summed E-state index contributed by atoms with van der Waals surface area (Å²) < 4.78 is 2.23. The second-order valence-electron chi connectivity index (χ2n) is 4.74. The minimum absolute atomic E-state index is 0.279. The summed E-state index contributed by atoms with van der Waals surface area (Å²) in [5, 5.41) is 0. The van der Waals surface area contributed by atoms with Crippen LogP contribution in [0.4, 0.5) is 0 Å². The maximum Gasteiger partial charge on any atom is 0.0270 e. The van der Waals surface area contributed by atoms with Crippen LogP contribution in [0.3, 0.4) is 0 Å². The van der Waals surface area contributed by atoms with Crippen molar-refractivity contribution < 1.29 is 0 Å². The highest BCUT2D eigenvalue weighted by Crippen LogP contribution is 2.07. The van der Waals surface area contributed by atoms with E-state index in [0.29, 0.717) is 0 Å². The molecule has 0 saturated heterocycles. The molecule has 1 atom stereocenters. The number of aryl methyl sites for hydroxylation is 2. The molecule has 0 bridgehead atoms. The first-order chi connectivity index (χ1) is 8.78. The highest BCUT2D eigenvalue weighted by molar-refractivity contribution is 5.13. The van der Waals surface area contributed by atoms with Crippen LogP contribution in [0.25, 0.3) is 0 Å². The standard InChI is InChI=1S/C15H21N3/c1-2-15(16)11-14-6-10-18(12-14)9-5-13-3-7-17-8-4-13/h3-4,6-8,10,12,15H,2,5,9,11,16H2,1H3. The first-order valence-electron chi connectivity index (χ1n) is 6.57. The summed E-state index contributed by atoms with van der Waals surface area (Å²) in [6.45, 7) is 3.14. The summed E-state index contributed by atoms with van der Waals surface area (Å²) >= 11 is 0. The normalized spacial score (nSPS) is 12.6. The van der Waals surface area contributed by atoms with E-state index in [1.54, 1.807) is 0 Å². The maximum absolute atomic E-state index is 5.96. The Kier molecular flexibility index (Phi) is 4.53. The Bertz CT molecular complexity index is 462. The van der Waals surface area contributed by atoms with E-state index in [-0.39, 0.29) is 6.04 Å². The number of nitrogens with zero attached hydrogens (tertiary/aromatic N) is 2. The smallest absolute Gasteiger partial charge is 0.0270 e. The number of pyridine rings is 1. The Labute approximate surface area is 109 Å². The van der Waals surface area contributed by atoms with Gasteiger partial charge in [0.05, 0.1) is 0 Å². The fourth-order valence-electron chi connectivity index (χ4n) is 2.01. The van der Waals surface area contributed by atoms with Gasteiger partial charge in [0.1, 0.15) is 0 Å². The average Bonchev–Trinajstić information content (AvgIpc) is 2.85. The van der Waals surface area contributed by atoms with Crippen LogP contribution in [0, 0.1) is 0 Å². The van der Waals surface area contributed by atoms with Gasteiger partial charge in [-0.1, -0.05) is 6.92 Å². The van der Waals surface area contributed by atoms with Gasteiger partial charge in [-0.05, 0) is 48.6 Å². The third kappa shape index (κ3) is 3.70. The van der Waals surface area contributed by atoms with Crippen LogP contribution in [0.1, 0.15) is 24.5 Å². The van der Waals surface area contributed by atoms with Crippen LogP contribution in [0.15, 0.2) is 43.0 Å². The second-order valence-corrected chi connectivity index (χ2v) is 4.74. The van der Waals surface area contributed by atoms with E-state index in [9.17, 15) is 0 Å².